The van der Waals surface area contributed by atoms with Crippen LogP contribution in [0, 0.1) is 5.82 Å². The van der Waals surface area contributed by atoms with Gasteiger partial charge in [-0.2, -0.15) is 4.52 Å². The Balaban J connectivity index is 2.05. The summed E-state index contributed by atoms with van der Waals surface area (Å²) in [4.78, 5) is 0. The molecule has 0 radical (unpaired) electrons. The first kappa shape index (κ1) is 16.3. The maximum Gasteiger partial charge on any atom is 0.188 e. The number of aliphatic hydroxyl groups is 1. The molecular weight excluding hydrogens is 309 g/mol. The third-order valence-electron chi connectivity index (χ3n) is 4.43. The van der Waals surface area contributed by atoms with Crippen molar-refractivity contribution >= 4 is 11.5 Å². The Kier molecular flexibility index (Phi) is 4.44. The number of hydrogen-bond donors (Lipinski definition) is 2. The largest absolute Gasteiger partial charge is 0.394 e. The molecule has 0 saturated heterocycles. The van der Waals surface area contributed by atoms with Crippen molar-refractivity contribution in [3.8, 4) is 11.4 Å². The Morgan fingerprint density at radius 3 is 2.54 bits per heavy atom. The summed E-state index contributed by atoms with van der Waals surface area (Å²) in [7, 11) is 0. The van der Waals surface area contributed by atoms with Crippen molar-refractivity contribution in [2.45, 2.75) is 32.2 Å². The predicted octanol–water partition coefficient (Wildman–Crippen LogP) is 2.89. The van der Waals surface area contributed by atoms with Crippen LogP contribution in [-0.4, -0.2) is 37.1 Å². The maximum atomic E-state index is 14.1. The lowest BCUT2D eigenvalue weighted by molar-refractivity contribution is 0.202. The van der Waals surface area contributed by atoms with Gasteiger partial charge in [-0.25, -0.2) is 4.39 Å². The zero-order valence-corrected chi connectivity index (χ0v) is 13.7. The first-order valence-corrected chi connectivity index (χ1v) is 7.99. The molecule has 3 rings (SSSR count). The van der Waals surface area contributed by atoms with E-state index in [4.69, 9.17) is 0 Å². The fourth-order valence-corrected chi connectivity index (χ4v) is 2.63. The number of aromatic nitrogens is 4. The van der Waals surface area contributed by atoms with Crippen LogP contribution < -0.4 is 5.32 Å². The number of hydrogen-bond acceptors (Lipinski definition) is 5. The third kappa shape index (κ3) is 2.82. The van der Waals surface area contributed by atoms with Gasteiger partial charge < -0.3 is 10.4 Å². The molecule has 0 bridgehead atoms. The summed E-state index contributed by atoms with van der Waals surface area (Å²) < 4.78 is 15.6. The molecule has 2 aromatic heterocycles. The van der Waals surface area contributed by atoms with Gasteiger partial charge in [-0.05, 0) is 37.1 Å². The Hall–Kier alpha value is -2.54. The maximum absolute atomic E-state index is 14.1. The minimum absolute atomic E-state index is 0.00205. The second-order valence-electron chi connectivity index (χ2n) is 5.76. The van der Waals surface area contributed by atoms with Crippen molar-refractivity contribution in [3.05, 3.63) is 42.2 Å². The molecule has 6 nitrogen and oxygen atoms in total. The van der Waals surface area contributed by atoms with Crippen molar-refractivity contribution < 1.29 is 9.50 Å². The molecule has 0 amide bonds. The summed E-state index contributed by atoms with van der Waals surface area (Å²) in [6.07, 6.45) is 1.50. The molecule has 7 heteroatoms. The van der Waals surface area contributed by atoms with Crippen molar-refractivity contribution in [3.63, 3.8) is 0 Å². The first-order chi connectivity index (χ1) is 11.6. The zero-order valence-electron chi connectivity index (χ0n) is 13.7. The Morgan fingerprint density at radius 2 is 1.88 bits per heavy atom. The normalized spacial score (nSPS) is 11.8. The third-order valence-corrected chi connectivity index (χ3v) is 4.43. The van der Waals surface area contributed by atoms with E-state index >= 15 is 0 Å². The molecule has 0 aliphatic rings. The van der Waals surface area contributed by atoms with Crippen molar-refractivity contribution in [2.75, 3.05) is 11.9 Å². The molecule has 0 spiro atoms. The van der Waals surface area contributed by atoms with Gasteiger partial charge >= 0.3 is 0 Å². The summed E-state index contributed by atoms with van der Waals surface area (Å²) in [5.74, 6) is 0.547. The van der Waals surface area contributed by atoms with Crippen LogP contribution in [0.25, 0.3) is 17.0 Å². The molecule has 0 fully saturated rings. The summed E-state index contributed by atoms with van der Waals surface area (Å²) in [5, 5.41) is 25.6. The van der Waals surface area contributed by atoms with Crippen LogP contribution in [0.3, 0.4) is 0 Å². The summed E-state index contributed by atoms with van der Waals surface area (Å²) >= 11 is 0. The summed E-state index contributed by atoms with van der Waals surface area (Å²) in [6.45, 7) is 4.02. The van der Waals surface area contributed by atoms with Crippen LogP contribution in [0.15, 0.2) is 36.4 Å². The average molecular weight is 329 g/mol. The van der Waals surface area contributed by atoms with Gasteiger partial charge in [0.2, 0.25) is 0 Å². The average Bonchev–Trinajstić information content (AvgIpc) is 3.03. The van der Waals surface area contributed by atoms with Crippen LogP contribution in [0.5, 0.6) is 0 Å². The van der Waals surface area contributed by atoms with Gasteiger partial charge in [0.15, 0.2) is 11.5 Å². The van der Waals surface area contributed by atoms with Crippen LogP contribution >= 0.6 is 0 Å². The molecule has 0 aliphatic carbocycles. The van der Waals surface area contributed by atoms with Crippen LogP contribution in [0.4, 0.5) is 10.2 Å². The van der Waals surface area contributed by atoms with Crippen molar-refractivity contribution in [1.82, 2.24) is 19.8 Å². The van der Waals surface area contributed by atoms with E-state index in [1.807, 2.05) is 13.8 Å². The van der Waals surface area contributed by atoms with E-state index in [1.165, 1.54) is 10.6 Å². The number of fused-ring (bicyclic) bond motifs is 1. The molecule has 0 atom stereocenters. The molecule has 3 aromatic rings. The fraction of sp³-hybridized carbons (Fsp3) is 0.353. The molecule has 0 saturated carbocycles. The first-order valence-electron chi connectivity index (χ1n) is 7.99. The number of halogens is 1. The van der Waals surface area contributed by atoms with Crippen LogP contribution in [-0.2, 0) is 0 Å². The van der Waals surface area contributed by atoms with E-state index in [0.29, 0.717) is 22.9 Å². The van der Waals surface area contributed by atoms with E-state index in [2.05, 4.69) is 20.6 Å². The van der Waals surface area contributed by atoms with Gasteiger partial charge in [0.05, 0.1) is 17.7 Å². The zero-order chi connectivity index (χ0) is 17.2. The van der Waals surface area contributed by atoms with E-state index in [-0.39, 0.29) is 12.4 Å². The Bertz CT molecular complexity index is 836. The van der Waals surface area contributed by atoms with Gasteiger partial charge in [0, 0.05) is 0 Å². The lowest BCUT2D eigenvalue weighted by Crippen LogP contribution is -2.41. The van der Waals surface area contributed by atoms with Crippen molar-refractivity contribution in [1.29, 1.82) is 0 Å². The highest BCUT2D eigenvalue weighted by Crippen LogP contribution is 2.24. The number of benzene rings is 1. The highest BCUT2D eigenvalue weighted by atomic mass is 19.1. The van der Waals surface area contributed by atoms with Crippen molar-refractivity contribution in [2.24, 2.45) is 0 Å². The van der Waals surface area contributed by atoms with Gasteiger partial charge in [0.1, 0.15) is 11.6 Å². The number of nitrogens with zero attached hydrogens (tertiary/aromatic N) is 4. The second-order valence-corrected chi connectivity index (χ2v) is 5.76. The lowest BCUT2D eigenvalue weighted by atomic mass is 9.94. The highest BCUT2D eigenvalue weighted by Gasteiger charge is 2.25. The minimum Gasteiger partial charge on any atom is -0.394 e. The fourth-order valence-electron chi connectivity index (χ4n) is 2.63. The lowest BCUT2D eigenvalue weighted by Gasteiger charge is -2.31. The van der Waals surface area contributed by atoms with E-state index in [0.717, 1.165) is 12.8 Å². The SMILES string of the molecule is CCC(CC)(CO)Nc1ccc2nnc(-c3ccccc3F)n2n1. The standard InChI is InChI=1S/C17H20FN5O/c1-3-17(4-2,11-24)19-14-9-10-15-20-21-16(23(15)22-14)12-7-5-6-8-13(12)18/h5-10,24H,3-4,11H2,1-2H3,(H,19,22). The molecule has 0 unspecified atom stereocenters. The minimum atomic E-state index is -0.438. The monoisotopic (exact) mass is 329 g/mol. The molecule has 0 aliphatic heterocycles. The quantitative estimate of drug-likeness (QED) is 0.727. The van der Waals surface area contributed by atoms with Gasteiger partial charge in [-0.1, -0.05) is 26.0 Å². The van der Waals surface area contributed by atoms with Gasteiger partial charge in [-0.3, -0.25) is 0 Å². The van der Waals surface area contributed by atoms with Crippen LogP contribution in [0.1, 0.15) is 26.7 Å². The smallest absolute Gasteiger partial charge is 0.188 e. The Morgan fingerprint density at radius 1 is 1.12 bits per heavy atom. The van der Waals surface area contributed by atoms with Crippen LogP contribution in [0.2, 0.25) is 0 Å². The van der Waals surface area contributed by atoms with Gasteiger partial charge in [0.25, 0.3) is 0 Å². The second kappa shape index (κ2) is 6.52. The van der Waals surface area contributed by atoms with E-state index < -0.39 is 5.54 Å². The molecule has 24 heavy (non-hydrogen) atoms. The molecular formula is C17H20FN5O. The van der Waals surface area contributed by atoms with E-state index in [9.17, 15) is 9.50 Å². The molecule has 126 valence electrons. The number of nitrogens with one attached hydrogen (secondary N) is 1. The molecule has 2 N–H and O–H groups in total. The topological polar surface area (TPSA) is 75.3 Å². The molecule has 1 aromatic carbocycles. The summed E-state index contributed by atoms with van der Waals surface area (Å²) in [5.41, 5.74) is 0.433. The molecule has 2 heterocycles. The predicted molar refractivity (Wildman–Crippen MR) is 90.2 cm³/mol. The number of anilines is 1. The van der Waals surface area contributed by atoms with E-state index in [1.54, 1.807) is 30.3 Å². The Labute approximate surface area is 139 Å². The highest BCUT2D eigenvalue weighted by molar-refractivity contribution is 5.60. The van der Waals surface area contributed by atoms with Gasteiger partial charge in [-0.15, -0.1) is 15.3 Å². The number of rotatable bonds is 6. The summed E-state index contributed by atoms with van der Waals surface area (Å²) in [6, 6.07) is 9.94. The number of aliphatic hydroxyl groups excluding tert-OH is 1.